The van der Waals surface area contributed by atoms with Gasteiger partial charge in [-0.25, -0.2) is 13.1 Å². The highest BCUT2D eigenvalue weighted by atomic mass is 32.2. The standard InChI is InChI=1S/C20H25N3O4S/c1-5-15(4)23-28(26,27)17-9-7-16(8-10-17)19(24)21-22-20(25)18-11-6-13(2)12-14(18)3/h6-12,15,23H,5H2,1-4H3,(H,21,24)(H,22,25)/t15-/m0/s1. The van der Waals surface area contributed by atoms with Crippen LogP contribution in [0.4, 0.5) is 0 Å². The van der Waals surface area contributed by atoms with Gasteiger partial charge in [0.05, 0.1) is 4.90 Å². The quantitative estimate of drug-likeness (QED) is 0.645. The maximum atomic E-state index is 12.2. The van der Waals surface area contributed by atoms with E-state index in [-0.39, 0.29) is 16.5 Å². The molecule has 0 aliphatic rings. The second-order valence-electron chi connectivity index (χ2n) is 6.68. The number of amides is 2. The number of hydrogen-bond donors (Lipinski definition) is 3. The molecule has 2 aromatic carbocycles. The van der Waals surface area contributed by atoms with Crippen molar-refractivity contribution in [3.05, 3.63) is 64.7 Å². The van der Waals surface area contributed by atoms with Crippen molar-refractivity contribution in [2.45, 2.75) is 45.1 Å². The number of hydrogen-bond acceptors (Lipinski definition) is 4. The van der Waals surface area contributed by atoms with Gasteiger partial charge in [0, 0.05) is 17.2 Å². The number of benzene rings is 2. The minimum Gasteiger partial charge on any atom is -0.267 e. The molecule has 2 rings (SSSR count). The Kier molecular flexibility index (Phi) is 6.93. The van der Waals surface area contributed by atoms with E-state index in [1.165, 1.54) is 24.3 Å². The highest BCUT2D eigenvalue weighted by Gasteiger charge is 2.17. The summed E-state index contributed by atoms with van der Waals surface area (Å²) in [6.07, 6.45) is 0.667. The number of nitrogens with one attached hydrogen (secondary N) is 3. The van der Waals surface area contributed by atoms with Gasteiger partial charge in [0.15, 0.2) is 0 Å². The largest absolute Gasteiger partial charge is 0.269 e. The molecular weight excluding hydrogens is 378 g/mol. The first-order valence-corrected chi connectivity index (χ1v) is 10.4. The number of aryl methyl sites for hydroxylation is 2. The molecule has 3 N–H and O–H groups in total. The number of hydrazine groups is 1. The van der Waals surface area contributed by atoms with Crippen LogP contribution in [-0.4, -0.2) is 26.3 Å². The van der Waals surface area contributed by atoms with E-state index in [9.17, 15) is 18.0 Å². The van der Waals surface area contributed by atoms with Crippen LogP contribution in [0, 0.1) is 13.8 Å². The Balaban J connectivity index is 2.02. The van der Waals surface area contributed by atoms with E-state index in [0.717, 1.165) is 11.1 Å². The third-order valence-corrected chi connectivity index (χ3v) is 5.92. The van der Waals surface area contributed by atoms with Crippen molar-refractivity contribution in [1.29, 1.82) is 0 Å². The van der Waals surface area contributed by atoms with Crippen LogP contribution < -0.4 is 15.6 Å². The van der Waals surface area contributed by atoms with E-state index in [1.807, 2.05) is 32.9 Å². The Morgan fingerprint density at radius 2 is 1.57 bits per heavy atom. The molecule has 0 unspecified atom stereocenters. The van der Waals surface area contributed by atoms with Crippen molar-refractivity contribution in [2.75, 3.05) is 0 Å². The van der Waals surface area contributed by atoms with Gasteiger partial charge in [-0.15, -0.1) is 0 Å². The van der Waals surface area contributed by atoms with Gasteiger partial charge >= 0.3 is 0 Å². The zero-order valence-corrected chi connectivity index (χ0v) is 17.2. The van der Waals surface area contributed by atoms with Gasteiger partial charge in [-0.2, -0.15) is 0 Å². The number of rotatable bonds is 6. The lowest BCUT2D eigenvalue weighted by atomic mass is 10.1. The Labute approximate surface area is 165 Å². The number of carbonyl (C=O) groups is 2. The average Bonchev–Trinajstić information content (AvgIpc) is 2.65. The molecule has 8 heteroatoms. The highest BCUT2D eigenvalue weighted by molar-refractivity contribution is 7.89. The molecule has 0 aliphatic carbocycles. The Morgan fingerprint density at radius 3 is 2.14 bits per heavy atom. The fraction of sp³-hybridized carbons (Fsp3) is 0.300. The van der Waals surface area contributed by atoms with Gasteiger partial charge in [0.1, 0.15) is 0 Å². The lowest BCUT2D eigenvalue weighted by molar-refractivity contribution is 0.0846. The molecule has 0 spiro atoms. The molecule has 0 aromatic heterocycles. The maximum Gasteiger partial charge on any atom is 0.269 e. The van der Waals surface area contributed by atoms with E-state index < -0.39 is 21.8 Å². The van der Waals surface area contributed by atoms with Crippen molar-refractivity contribution in [1.82, 2.24) is 15.6 Å². The van der Waals surface area contributed by atoms with Crippen LogP contribution in [0.1, 0.15) is 52.1 Å². The van der Waals surface area contributed by atoms with E-state index in [1.54, 1.807) is 13.0 Å². The summed E-state index contributed by atoms with van der Waals surface area (Å²) >= 11 is 0. The van der Waals surface area contributed by atoms with Crippen molar-refractivity contribution in [2.24, 2.45) is 0 Å². The molecule has 2 aromatic rings. The van der Waals surface area contributed by atoms with Gasteiger partial charge in [0.25, 0.3) is 11.8 Å². The predicted octanol–water partition coefficient (Wildman–Crippen LogP) is 2.46. The summed E-state index contributed by atoms with van der Waals surface area (Å²) in [5, 5.41) is 0. The fourth-order valence-corrected chi connectivity index (χ4v) is 3.85. The average molecular weight is 404 g/mol. The van der Waals surface area contributed by atoms with Gasteiger partial charge in [-0.1, -0.05) is 24.6 Å². The molecule has 2 amide bonds. The number of carbonyl (C=O) groups excluding carboxylic acids is 2. The Bertz CT molecular complexity index is 969. The van der Waals surface area contributed by atoms with Crippen molar-refractivity contribution in [3.63, 3.8) is 0 Å². The zero-order chi connectivity index (χ0) is 20.9. The lowest BCUT2D eigenvalue weighted by Gasteiger charge is -2.12. The van der Waals surface area contributed by atoms with E-state index in [4.69, 9.17) is 0 Å². The topological polar surface area (TPSA) is 104 Å². The molecule has 0 saturated carbocycles. The molecule has 0 bridgehead atoms. The summed E-state index contributed by atoms with van der Waals surface area (Å²) in [7, 11) is -3.64. The van der Waals surface area contributed by atoms with Crippen molar-refractivity contribution in [3.8, 4) is 0 Å². The van der Waals surface area contributed by atoms with Crippen LogP contribution in [0.15, 0.2) is 47.4 Å². The highest BCUT2D eigenvalue weighted by Crippen LogP contribution is 2.12. The third-order valence-electron chi connectivity index (χ3n) is 4.31. The molecule has 1 atom stereocenters. The van der Waals surface area contributed by atoms with Crippen LogP contribution in [0.5, 0.6) is 0 Å². The van der Waals surface area contributed by atoms with Crippen LogP contribution in [0.3, 0.4) is 0 Å². The molecule has 0 heterocycles. The van der Waals surface area contributed by atoms with Crippen LogP contribution in [0.2, 0.25) is 0 Å². The van der Waals surface area contributed by atoms with E-state index in [2.05, 4.69) is 15.6 Å². The summed E-state index contributed by atoms with van der Waals surface area (Å²) in [4.78, 5) is 24.5. The molecule has 0 aliphatic heterocycles. The van der Waals surface area contributed by atoms with Crippen LogP contribution in [-0.2, 0) is 10.0 Å². The van der Waals surface area contributed by atoms with Crippen molar-refractivity contribution < 1.29 is 18.0 Å². The molecule has 150 valence electrons. The predicted molar refractivity (Wildman–Crippen MR) is 107 cm³/mol. The van der Waals surface area contributed by atoms with E-state index >= 15 is 0 Å². The monoisotopic (exact) mass is 403 g/mol. The Morgan fingerprint density at radius 1 is 0.964 bits per heavy atom. The fourth-order valence-electron chi connectivity index (χ4n) is 2.52. The lowest BCUT2D eigenvalue weighted by Crippen LogP contribution is -2.41. The molecule has 28 heavy (non-hydrogen) atoms. The van der Waals surface area contributed by atoms with Gasteiger partial charge in [0.2, 0.25) is 10.0 Å². The van der Waals surface area contributed by atoms with Gasteiger partial charge < -0.3 is 0 Å². The van der Waals surface area contributed by atoms with Crippen LogP contribution >= 0.6 is 0 Å². The summed E-state index contributed by atoms with van der Waals surface area (Å²) in [6, 6.07) is 10.7. The summed E-state index contributed by atoms with van der Waals surface area (Å²) in [5.41, 5.74) is 7.23. The van der Waals surface area contributed by atoms with Gasteiger partial charge in [-0.05, 0) is 63.1 Å². The minimum absolute atomic E-state index is 0.0728. The first kappa shape index (κ1) is 21.6. The SMILES string of the molecule is CC[C@H](C)NS(=O)(=O)c1ccc(C(=O)NNC(=O)c2ccc(C)cc2C)cc1. The second-order valence-corrected chi connectivity index (χ2v) is 8.40. The molecule has 0 radical (unpaired) electrons. The van der Waals surface area contributed by atoms with Crippen molar-refractivity contribution >= 4 is 21.8 Å². The minimum atomic E-state index is -3.64. The molecular formula is C20H25N3O4S. The molecule has 0 fully saturated rings. The second kappa shape index (κ2) is 8.99. The van der Waals surface area contributed by atoms with E-state index in [0.29, 0.717) is 12.0 Å². The first-order valence-electron chi connectivity index (χ1n) is 8.94. The summed E-state index contributed by atoms with van der Waals surface area (Å²) < 4.78 is 27.0. The summed E-state index contributed by atoms with van der Waals surface area (Å²) in [5.74, 6) is -0.972. The third kappa shape index (κ3) is 5.40. The smallest absolute Gasteiger partial charge is 0.267 e. The van der Waals surface area contributed by atoms with Crippen LogP contribution in [0.25, 0.3) is 0 Å². The van der Waals surface area contributed by atoms with Gasteiger partial charge in [-0.3, -0.25) is 20.4 Å². The summed E-state index contributed by atoms with van der Waals surface area (Å²) in [6.45, 7) is 7.40. The molecule has 7 nitrogen and oxygen atoms in total. The first-order chi connectivity index (χ1) is 13.1. The Hall–Kier alpha value is -2.71. The maximum absolute atomic E-state index is 12.2. The number of sulfonamides is 1. The molecule has 0 saturated heterocycles. The zero-order valence-electron chi connectivity index (χ0n) is 16.4. The normalized spacial score (nSPS) is 12.3.